The number of amides is 1. The van der Waals surface area contributed by atoms with Crippen molar-refractivity contribution in [3.8, 4) is 0 Å². The molecule has 0 spiro atoms. The maximum absolute atomic E-state index is 13.0. The molecular weight excluding hydrogens is 300 g/mol. The van der Waals surface area contributed by atoms with Gasteiger partial charge in [-0.05, 0) is 68.8 Å². The number of carbonyl (C=O) groups excluding carboxylic acids is 1. The number of fused-ring (bicyclic) bond motifs is 1. The Hall–Kier alpha value is -1.91. The Balaban J connectivity index is 1.40. The average Bonchev–Trinajstić information content (AvgIpc) is 2.80. The largest absolute Gasteiger partial charge is 0.324 e. The molecule has 0 aromatic carbocycles. The predicted octanol–water partition coefficient (Wildman–Crippen LogP) is 3.29. The number of hydrogen-bond donors (Lipinski definition) is 1. The van der Waals surface area contributed by atoms with Gasteiger partial charge in [-0.2, -0.15) is 5.10 Å². The molecule has 2 aromatic heterocycles. The summed E-state index contributed by atoms with van der Waals surface area (Å²) >= 11 is 0. The lowest BCUT2D eigenvalue weighted by atomic mass is 9.51. The molecule has 126 valence electrons. The van der Waals surface area contributed by atoms with Gasteiger partial charge < -0.3 is 5.32 Å². The molecule has 5 heteroatoms. The summed E-state index contributed by atoms with van der Waals surface area (Å²) in [6, 6.07) is 2.01. The minimum absolute atomic E-state index is 0.212. The number of rotatable bonds is 2. The van der Waals surface area contributed by atoms with Gasteiger partial charge in [-0.3, -0.25) is 9.48 Å². The molecule has 0 unspecified atom stereocenters. The fourth-order valence-corrected chi connectivity index (χ4v) is 5.96. The second kappa shape index (κ2) is 5.04. The van der Waals surface area contributed by atoms with E-state index in [0.29, 0.717) is 11.8 Å². The van der Waals surface area contributed by atoms with Gasteiger partial charge in [0.05, 0.1) is 17.6 Å². The van der Waals surface area contributed by atoms with Crippen molar-refractivity contribution in [3.05, 3.63) is 18.0 Å². The van der Waals surface area contributed by atoms with E-state index in [4.69, 9.17) is 0 Å². The molecule has 2 heterocycles. The normalized spacial score (nSPS) is 34.0. The van der Waals surface area contributed by atoms with Crippen LogP contribution in [0.5, 0.6) is 0 Å². The summed E-state index contributed by atoms with van der Waals surface area (Å²) in [4.78, 5) is 17.4. The SMILES string of the molecule is Cc1nn(C)c2ncc(NC(=O)C3C4CC5CC(C4)CC3C5)cc12. The molecule has 6 rings (SSSR count). The van der Waals surface area contributed by atoms with Crippen LogP contribution in [0.15, 0.2) is 12.3 Å². The van der Waals surface area contributed by atoms with Gasteiger partial charge in [-0.25, -0.2) is 4.98 Å². The zero-order valence-electron chi connectivity index (χ0n) is 14.3. The molecule has 4 saturated carbocycles. The van der Waals surface area contributed by atoms with Crippen molar-refractivity contribution in [1.29, 1.82) is 0 Å². The van der Waals surface area contributed by atoms with Crippen LogP contribution in [-0.4, -0.2) is 20.7 Å². The van der Waals surface area contributed by atoms with E-state index >= 15 is 0 Å². The number of hydrogen-bond acceptors (Lipinski definition) is 3. The fourth-order valence-electron chi connectivity index (χ4n) is 5.96. The minimum atomic E-state index is 0.212. The second-order valence-electron chi connectivity index (χ2n) is 8.25. The lowest BCUT2D eigenvalue weighted by Crippen LogP contribution is -2.49. The smallest absolute Gasteiger partial charge is 0.228 e. The van der Waals surface area contributed by atoms with Gasteiger partial charge in [0.2, 0.25) is 5.91 Å². The standard InChI is InChI=1S/C19H24N4O/c1-10-16-8-15(9-20-18(16)23(2)22-10)21-19(24)17-13-4-11-3-12(6-13)7-14(17)5-11/h8-9,11-14,17H,3-7H2,1-2H3,(H,21,24). The number of pyridine rings is 1. The average molecular weight is 324 g/mol. The summed E-state index contributed by atoms with van der Waals surface area (Å²) < 4.78 is 1.79. The van der Waals surface area contributed by atoms with Crippen LogP contribution in [-0.2, 0) is 11.8 Å². The molecule has 1 N–H and O–H groups in total. The zero-order valence-corrected chi connectivity index (χ0v) is 14.3. The number of carbonyl (C=O) groups is 1. The van der Waals surface area contributed by atoms with E-state index in [0.717, 1.165) is 34.3 Å². The Morgan fingerprint density at radius 2 is 1.83 bits per heavy atom. The Bertz CT molecular complexity index is 796. The van der Waals surface area contributed by atoms with Crippen LogP contribution < -0.4 is 5.32 Å². The van der Waals surface area contributed by atoms with Crippen LogP contribution >= 0.6 is 0 Å². The highest BCUT2D eigenvalue weighted by molar-refractivity contribution is 5.95. The first-order valence-corrected chi connectivity index (χ1v) is 9.18. The number of nitrogens with zero attached hydrogens (tertiary/aromatic N) is 3. The van der Waals surface area contributed by atoms with Gasteiger partial charge in [0, 0.05) is 18.4 Å². The van der Waals surface area contributed by atoms with Gasteiger partial charge in [-0.1, -0.05) is 0 Å². The topological polar surface area (TPSA) is 59.8 Å². The molecule has 0 saturated heterocycles. The molecule has 0 atom stereocenters. The maximum Gasteiger partial charge on any atom is 0.228 e. The van der Waals surface area contributed by atoms with Gasteiger partial charge in [0.25, 0.3) is 0 Å². The third kappa shape index (κ3) is 2.10. The molecule has 4 bridgehead atoms. The van der Waals surface area contributed by atoms with E-state index < -0.39 is 0 Å². The summed E-state index contributed by atoms with van der Waals surface area (Å²) in [7, 11) is 1.90. The van der Waals surface area contributed by atoms with Gasteiger partial charge in [-0.15, -0.1) is 0 Å². The Labute approximate surface area is 141 Å². The fraction of sp³-hybridized carbons (Fsp3) is 0.632. The number of nitrogens with one attached hydrogen (secondary N) is 1. The third-order valence-electron chi connectivity index (χ3n) is 6.66. The van der Waals surface area contributed by atoms with Crippen molar-refractivity contribution >= 4 is 22.6 Å². The van der Waals surface area contributed by atoms with Gasteiger partial charge in [0.1, 0.15) is 0 Å². The number of aryl methyl sites for hydroxylation is 2. The van der Waals surface area contributed by atoms with Crippen molar-refractivity contribution in [2.45, 2.75) is 39.0 Å². The van der Waals surface area contributed by atoms with E-state index in [9.17, 15) is 4.79 Å². The van der Waals surface area contributed by atoms with Crippen molar-refractivity contribution in [1.82, 2.24) is 14.8 Å². The molecule has 4 fully saturated rings. The molecule has 1 amide bonds. The zero-order chi connectivity index (χ0) is 16.4. The van der Waals surface area contributed by atoms with Crippen LogP contribution in [0.4, 0.5) is 5.69 Å². The molecule has 0 radical (unpaired) electrons. The minimum Gasteiger partial charge on any atom is -0.324 e. The maximum atomic E-state index is 13.0. The summed E-state index contributed by atoms with van der Waals surface area (Å²) in [6.45, 7) is 1.98. The highest BCUT2D eigenvalue weighted by Crippen LogP contribution is 2.56. The van der Waals surface area contributed by atoms with Gasteiger partial charge in [0.15, 0.2) is 5.65 Å². The van der Waals surface area contributed by atoms with E-state index in [2.05, 4.69) is 15.4 Å². The second-order valence-corrected chi connectivity index (χ2v) is 8.25. The van der Waals surface area contributed by atoms with E-state index in [1.807, 2.05) is 20.0 Å². The van der Waals surface area contributed by atoms with Crippen LogP contribution in [0.2, 0.25) is 0 Å². The molecule has 4 aliphatic rings. The van der Waals surface area contributed by atoms with Crippen molar-refractivity contribution < 1.29 is 4.79 Å². The monoisotopic (exact) mass is 324 g/mol. The summed E-state index contributed by atoms with van der Waals surface area (Å²) in [5.41, 5.74) is 2.61. The van der Waals surface area contributed by atoms with Crippen molar-refractivity contribution in [2.24, 2.45) is 36.6 Å². The lowest BCUT2D eigenvalue weighted by Gasteiger charge is -2.53. The molecule has 5 nitrogen and oxygen atoms in total. The lowest BCUT2D eigenvalue weighted by molar-refractivity contribution is -0.132. The van der Waals surface area contributed by atoms with Crippen molar-refractivity contribution in [3.63, 3.8) is 0 Å². The number of aromatic nitrogens is 3. The van der Waals surface area contributed by atoms with E-state index in [1.54, 1.807) is 10.9 Å². The highest BCUT2D eigenvalue weighted by atomic mass is 16.1. The van der Waals surface area contributed by atoms with E-state index in [-0.39, 0.29) is 11.8 Å². The summed E-state index contributed by atoms with van der Waals surface area (Å²) in [6.07, 6.45) is 8.25. The van der Waals surface area contributed by atoms with E-state index in [1.165, 1.54) is 32.1 Å². The summed E-state index contributed by atoms with van der Waals surface area (Å²) in [5.74, 6) is 3.44. The van der Waals surface area contributed by atoms with Crippen LogP contribution in [0, 0.1) is 36.5 Å². The quantitative estimate of drug-likeness (QED) is 0.922. The van der Waals surface area contributed by atoms with Crippen LogP contribution in [0.1, 0.15) is 37.8 Å². The molecule has 2 aromatic rings. The van der Waals surface area contributed by atoms with Crippen molar-refractivity contribution in [2.75, 3.05) is 5.32 Å². The Kier molecular flexibility index (Phi) is 3.03. The highest BCUT2D eigenvalue weighted by Gasteiger charge is 2.50. The predicted molar refractivity (Wildman–Crippen MR) is 92.4 cm³/mol. The van der Waals surface area contributed by atoms with Crippen LogP contribution in [0.25, 0.3) is 11.0 Å². The third-order valence-corrected chi connectivity index (χ3v) is 6.66. The molecular formula is C19H24N4O. The first-order chi connectivity index (χ1) is 11.6. The molecule has 4 aliphatic carbocycles. The first-order valence-electron chi connectivity index (χ1n) is 9.18. The Morgan fingerprint density at radius 3 is 2.50 bits per heavy atom. The first kappa shape index (κ1) is 14.4. The molecule has 0 aliphatic heterocycles. The van der Waals surface area contributed by atoms with Gasteiger partial charge >= 0.3 is 0 Å². The van der Waals surface area contributed by atoms with Crippen LogP contribution in [0.3, 0.4) is 0 Å². The summed E-state index contributed by atoms with van der Waals surface area (Å²) in [5, 5.41) is 8.58. The Morgan fingerprint density at radius 1 is 1.17 bits per heavy atom. The molecule has 24 heavy (non-hydrogen) atoms. The number of anilines is 1.